The van der Waals surface area contributed by atoms with E-state index in [1.165, 1.54) is 32.2 Å². The summed E-state index contributed by atoms with van der Waals surface area (Å²) in [5.74, 6) is 1.69. The van der Waals surface area contributed by atoms with Gasteiger partial charge in [0.15, 0.2) is 0 Å². The summed E-state index contributed by atoms with van der Waals surface area (Å²) < 4.78 is 0. The molecule has 0 spiro atoms. The van der Waals surface area contributed by atoms with Crippen LogP contribution in [0.1, 0.15) is 25.7 Å². The highest BCUT2D eigenvalue weighted by Crippen LogP contribution is 2.31. The molecule has 2 saturated heterocycles. The molecule has 3 heterocycles. The minimum absolute atomic E-state index is 0.596. The van der Waals surface area contributed by atoms with E-state index in [1.54, 1.807) is 12.3 Å². The molecular weight excluding hydrogens is 281 g/mol. The van der Waals surface area contributed by atoms with Gasteiger partial charge in [-0.2, -0.15) is 0 Å². The zero-order chi connectivity index (χ0) is 13.2. The van der Waals surface area contributed by atoms with Crippen LogP contribution in [0.15, 0.2) is 12.3 Å². The fourth-order valence-electron chi connectivity index (χ4n) is 3.27. The molecule has 0 saturated carbocycles. The molecule has 1 N–H and O–H groups in total. The van der Waals surface area contributed by atoms with Gasteiger partial charge < -0.3 is 10.2 Å². The molecule has 2 aliphatic heterocycles. The van der Waals surface area contributed by atoms with E-state index in [9.17, 15) is 0 Å². The lowest BCUT2D eigenvalue weighted by molar-refractivity contribution is 0.318. The van der Waals surface area contributed by atoms with Crippen LogP contribution in [0.3, 0.4) is 0 Å². The van der Waals surface area contributed by atoms with Crippen LogP contribution in [0.25, 0.3) is 0 Å². The number of aromatic nitrogens is 1. The summed E-state index contributed by atoms with van der Waals surface area (Å²) >= 11 is 12.1. The molecule has 2 aliphatic rings. The number of piperidine rings is 1. The zero-order valence-corrected chi connectivity index (χ0v) is 12.4. The number of pyridine rings is 1. The molecule has 1 aromatic heterocycles. The van der Waals surface area contributed by atoms with Gasteiger partial charge in [0.25, 0.3) is 0 Å². The minimum atomic E-state index is 0.596. The molecule has 5 heteroatoms. The van der Waals surface area contributed by atoms with Crippen molar-refractivity contribution in [3.8, 4) is 0 Å². The molecular formula is C14H19Cl2N3. The van der Waals surface area contributed by atoms with Crippen molar-refractivity contribution in [1.29, 1.82) is 0 Å². The van der Waals surface area contributed by atoms with Gasteiger partial charge in [-0.3, -0.25) is 0 Å². The highest BCUT2D eigenvalue weighted by molar-refractivity contribution is 6.36. The molecule has 0 radical (unpaired) electrons. The van der Waals surface area contributed by atoms with Crippen LogP contribution in [-0.4, -0.2) is 30.7 Å². The Labute approximate surface area is 124 Å². The van der Waals surface area contributed by atoms with E-state index in [1.807, 2.05) is 0 Å². The van der Waals surface area contributed by atoms with Crippen molar-refractivity contribution in [2.75, 3.05) is 24.5 Å². The molecule has 19 heavy (non-hydrogen) atoms. The highest BCUT2D eigenvalue weighted by atomic mass is 35.5. The first-order valence-corrected chi connectivity index (χ1v) is 7.79. The van der Waals surface area contributed by atoms with Gasteiger partial charge in [-0.15, -0.1) is 0 Å². The number of anilines is 1. The van der Waals surface area contributed by atoms with Crippen LogP contribution >= 0.6 is 23.2 Å². The first-order chi connectivity index (χ1) is 9.24. The van der Waals surface area contributed by atoms with E-state index in [2.05, 4.69) is 15.2 Å². The van der Waals surface area contributed by atoms with Crippen molar-refractivity contribution in [3.05, 3.63) is 22.3 Å². The van der Waals surface area contributed by atoms with Gasteiger partial charge in [-0.05, 0) is 44.2 Å². The number of rotatable bonds is 2. The van der Waals surface area contributed by atoms with Crippen molar-refractivity contribution in [1.82, 2.24) is 10.3 Å². The summed E-state index contributed by atoms with van der Waals surface area (Å²) in [5, 5.41) is 4.88. The second kappa shape index (κ2) is 5.86. The minimum Gasteiger partial charge on any atom is -0.355 e. The first kappa shape index (κ1) is 13.5. The Morgan fingerprint density at radius 1 is 1.21 bits per heavy atom. The van der Waals surface area contributed by atoms with Crippen LogP contribution in [-0.2, 0) is 0 Å². The molecule has 3 nitrogen and oxygen atoms in total. The standard InChI is InChI=1S/C14H19Cl2N3/c15-11-8-12(16)14(18-9-11)19-6-3-10(4-7-19)13-2-1-5-17-13/h8-10,13,17H,1-7H2. The third-order valence-corrected chi connectivity index (χ3v) is 4.78. The fourth-order valence-corrected chi connectivity index (χ4v) is 3.77. The molecule has 3 rings (SSSR count). The van der Waals surface area contributed by atoms with E-state index in [0.717, 1.165) is 30.9 Å². The summed E-state index contributed by atoms with van der Waals surface area (Å²) in [6.45, 7) is 3.27. The number of nitrogens with one attached hydrogen (secondary N) is 1. The molecule has 104 valence electrons. The van der Waals surface area contributed by atoms with E-state index in [-0.39, 0.29) is 0 Å². The van der Waals surface area contributed by atoms with Crippen molar-refractivity contribution in [2.24, 2.45) is 5.92 Å². The molecule has 1 atom stereocenters. The molecule has 0 amide bonds. The Morgan fingerprint density at radius 3 is 2.63 bits per heavy atom. The quantitative estimate of drug-likeness (QED) is 0.908. The topological polar surface area (TPSA) is 28.2 Å². The van der Waals surface area contributed by atoms with Crippen LogP contribution < -0.4 is 10.2 Å². The lowest BCUT2D eigenvalue weighted by Gasteiger charge is -2.35. The Morgan fingerprint density at radius 2 is 2.00 bits per heavy atom. The Kier molecular flexibility index (Phi) is 4.15. The van der Waals surface area contributed by atoms with Gasteiger partial charge in [0.05, 0.1) is 10.0 Å². The highest BCUT2D eigenvalue weighted by Gasteiger charge is 2.29. The van der Waals surface area contributed by atoms with Crippen LogP contribution in [0, 0.1) is 5.92 Å². The monoisotopic (exact) mass is 299 g/mol. The second-order valence-corrected chi connectivity index (χ2v) is 6.33. The third-order valence-electron chi connectivity index (χ3n) is 4.30. The maximum atomic E-state index is 6.23. The summed E-state index contributed by atoms with van der Waals surface area (Å²) in [4.78, 5) is 6.65. The fraction of sp³-hybridized carbons (Fsp3) is 0.643. The number of nitrogens with zero attached hydrogens (tertiary/aromatic N) is 2. The summed E-state index contributed by atoms with van der Waals surface area (Å²) in [5.41, 5.74) is 0. The van der Waals surface area contributed by atoms with Crippen molar-refractivity contribution in [3.63, 3.8) is 0 Å². The molecule has 0 aromatic carbocycles. The van der Waals surface area contributed by atoms with Gasteiger partial charge in [0.1, 0.15) is 5.82 Å². The normalized spacial score (nSPS) is 24.9. The van der Waals surface area contributed by atoms with E-state index in [4.69, 9.17) is 23.2 Å². The Hall–Kier alpha value is -0.510. The number of hydrogen-bond acceptors (Lipinski definition) is 3. The average molecular weight is 300 g/mol. The van der Waals surface area contributed by atoms with Gasteiger partial charge in [0, 0.05) is 25.3 Å². The number of hydrogen-bond donors (Lipinski definition) is 1. The number of halogens is 2. The Bertz CT molecular complexity index is 438. The predicted molar refractivity (Wildman–Crippen MR) is 80.2 cm³/mol. The molecule has 0 bridgehead atoms. The predicted octanol–water partition coefficient (Wildman–Crippen LogP) is 3.36. The van der Waals surface area contributed by atoms with Gasteiger partial charge in [-0.1, -0.05) is 23.2 Å². The summed E-state index contributed by atoms with van der Waals surface area (Å²) in [6.07, 6.45) is 6.78. The second-order valence-electron chi connectivity index (χ2n) is 5.49. The van der Waals surface area contributed by atoms with Gasteiger partial charge >= 0.3 is 0 Å². The Balaban J connectivity index is 1.63. The summed E-state index contributed by atoms with van der Waals surface area (Å²) in [6, 6.07) is 2.51. The van der Waals surface area contributed by atoms with Gasteiger partial charge in [0.2, 0.25) is 0 Å². The summed E-state index contributed by atoms with van der Waals surface area (Å²) in [7, 11) is 0. The zero-order valence-electron chi connectivity index (χ0n) is 10.9. The third kappa shape index (κ3) is 2.99. The van der Waals surface area contributed by atoms with E-state index >= 15 is 0 Å². The van der Waals surface area contributed by atoms with Crippen LogP contribution in [0.4, 0.5) is 5.82 Å². The largest absolute Gasteiger partial charge is 0.355 e. The average Bonchev–Trinajstić information content (AvgIpc) is 2.93. The SMILES string of the molecule is Clc1cnc(N2CCC(C3CCCN3)CC2)c(Cl)c1. The van der Waals surface area contributed by atoms with Crippen molar-refractivity contribution < 1.29 is 0 Å². The smallest absolute Gasteiger partial charge is 0.147 e. The van der Waals surface area contributed by atoms with Crippen LogP contribution in [0.5, 0.6) is 0 Å². The van der Waals surface area contributed by atoms with Gasteiger partial charge in [-0.25, -0.2) is 4.98 Å². The molecule has 1 aromatic rings. The lowest BCUT2D eigenvalue weighted by Crippen LogP contribution is -2.41. The first-order valence-electron chi connectivity index (χ1n) is 7.03. The molecule has 1 unspecified atom stereocenters. The maximum Gasteiger partial charge on any atom is 0.147 e. The van der Waals surface area contributed by atoms with E-state index in [0.29, 0.717) is 10.0 Å². The molecule has 0 aliphatic carbocycles. The van der Waals surface area contributed by atoms with E-state index < -0.39 is 0 Å². The maximum absolute atomic E-state index is 6.23. The van der Waals surface area contributed by atoms with Crippen LogP contribution in [0.2, 0.25) is 10.0 Å². The molecule has 2 fully saturated rings. The van der Waals surface area contributed by atoms with Crippen molar-refractivity contribution >= 4 is 29.0 Å². The lowest BCUT2D eigenvalue weighted by atomic mass is 9.88. The van der Waals surface area contributed by atoms with Crippen molar-refractivity contribution in [2.45, 2.75) is 31.7 Å².